The molecule has 0 aromatic heterocycles. The summed E-state index contributed by atoms with van der Waals surface area (Å²) in [7, 11) is 0. The third-order valence-corrected chi connectivity index (χ3v) is 3.98. The van der Waals surface area contributed by atoms with Crippen molar-refractivity contribution in [1.29, 1.82) is 0 Å². The molecule has 4 N–H and O–H groups in total. The lowest BCUT2D eigenvalue weighted by Gasteiger charge is -2.36. The van der Waals surface area contributed by atoms with E-state index in [1.54, 1.807) is 0 Å². The van der Waals surface area contributed by atoms with Crippen molar-refractivity contribution in [3.05, 3.63) is 0 Å². The van der Waals surface area contributed by atoms with Crippen LogP contribution in [0.15, 0.2) is 0 Å². The third-order valence-electron chi connectivity index (χ3n) is 3.98. The molecule has 0 heterocycles. The van der Waals surface area contributed by atoms with Crippen LogP contribution in [0.25, 0.3) is 0 Å². The second-order valence-corrected chi connectivity index (χ2v) is 5.31. The maximum absolute atomic E-state index is 11.5. The van der Waals surface area contributed by atoms with Crippen LogP contribution in [0.3, 0.4) is 0 Å². The first kappa shape index (κ1) is 14.5. The Labute approximate surface area is 104 Å². The minimum atomic E-state index is -0.714. The molecule has 1 fully saturated rings. The molecule has 4 heteroatoms. The van der Waals surface area contributed by atoms with Crippen LogP contribution in [0, 0.1) is 5.92 Å². The van der Waals surface area contributed by atoms with Crippen molar-refractivity contribution in [3.63, 3.8) is 0 Å². The molecule has 0 bridgehead atoms. The fourth-order valence-corrected chi connectivity index (χ4v) is 2.37. The molecular formula is C13H26N2O2. The molecule has 0 aliphatic heterocycles. The number of carbonyl (C=O) groups excluding carboxylic acids is 1. The van der Waals surface area contributed by atoms with Crippen LogP contribution >= 0.6 is 0 Å². The second-order valence-electron chi connectivity index (χ2n) is 5.31. The van der Waals surface area contributed by atoms with Gasteiger partial charge in [0, 0.05) is 6.54 Å². The van der Waals surface area contributed by atoms with Crippen LogP contribution in [0.1, 0.15) is 52.4 Å². The van der Waals surface area contributed by atoms with E-state index in [2.05, 4.69) is 12.2 Å². The van der Waals surface area contributed by atoms with E-state index >= 15 is 0 Å². The summed E-state index contributed by atoms with van der Waals surface area (Å²) in [5, 5.41) is 13.1. The molecule has 0 radical (unpaired) electrons. The number of nitrogens with two attached hydrogens (primary N) is 1. The Bertz CT molecular complexity index is 248. The summed E-state index contributed by atoms with van der Waals surface area (Å²) < 4.78 is 0. The summed E-state index contributed by atoms with van der Waals surface area (Å²) in [6.07, 6.45) is 5.50. The molecule has 0 saturated heterocycles. The quantitative estimate of drug-likeness (QED) is 0.677. The first-order valence-electron chi connectivity index (χ1n) is 6.76. The maximum atomic E-state index is 11.5. The van der Waals surface area contributed by atoms with Gasteiger partial charge in [0.15, 0.2) is 0 Å². The summed E-state index contributed by atoms with van der Waals surface area (Å²) in [5.41, 5.74) is 4.91. The zero-order valence-electron chi connectivity index (χ0n) is 11.0. The number of aliphatic hydroxyl groups is 1. The van der Waals surface area contributed by atoms with Crippen LogP contribution in [-0.4, -0.2) is 29.2 Å². The highest BCUT2D eigenvalue weighted by atomic mass is 16.3. The van der Waals surface area contributed by atoms with Crippen molar-refractivity contribution in [2.24, 2.45) is 11.7 Å². The van der Waals surface area contributed by atoms with Crippen LogP contribution in [0.5, 0.6) is 0 Å². The predicted octanol–water partition coefficient (Wildman–Crippen LogP) is 1.17. The molecular weight excluding hydrogens is 216 g/mol. The fourth-order valence-electron chi connectivity index (χ4n) is 2.37. The highest BCUT2D eigenvalue weighted by molar-refractivity contribution is 5.81. The molecule has 1 aliphatic rings. The Morgan fingerprint density at radius 2 is 2.06 bits per heavy atom. The molecule has 1 rings (SSSR count). The van der Waals surface area contributed by atoms with Crippen LogP contribution in [0.4, 0.5) is 0 Å². The molecule has 4 nitrogen and oxygen atoms in total. The standard InChI is InChI=1S/C13H26N2O2/c1-3-10-5-7-13(17,8-6-10)9-15-12(16)11(14)4-2/h10-11,17H,3-9,14H2,1-2H3,(H,15,16)/t10?,11-,13?/m1/s1. The Morgan fingerprint density at radius 1 is 1.47 bits per heavy atom. The van der Waals surface area contributed by atoms with E-state index in [1.165, 1.54) is 6.42 Å². The minimum Gasteiger partial charge on any atom is -0.388 e. The molecule has 1 amide bonds. The lowest BCUT2D eigenvalue weighted by atomic mass is 9.78. The Balaban J connectivity index is 2.34. The van der Waals surface area contributed by atoms with Crippen LogP contribution in [0.2, 0.25) is 0 Å². The fraction of sp³-hybridized carbons (Fsp3) is 0.923. The average Bonchev–Trinajstić information content (AvgIpc) is 2.36. The Kier molecular flexibility index (Phi) is 5.40. The van der Waals surface area contributed by atoms with E-state index in [0.29, 0.717) is 13.0 Å². The van der Waals surface area contributed by atoms with E-state index in [4.69, 9.17) is 5.73 Å². The summed E-state index contributed by atoms with van der Waals surface area (Å²) >= 11 is 0. The lowest BCUT2D eigenvalue weighted by molar-refractivity contribution is -0.124. The van der Waals surface area contributed by atoms with Gasteiger partial charge in [-0.05, 0) is 38.0 Å². The average molecular weight is 242 g/mol. The monoisotopic (exact) mass is 242 g/mol. The Hall–Kier alpha value is -0.610. The van der Waals surface area contributed by atoms with Gasteiger partial charge in [0.2, 0.25) is 5.91 Å². The molecule has 17 heavy (non-hydrogen) atoms. The number of nitrogens with one attached hydrogen (secondary N) is 1. The van der Waals surface area contributed by atoms with Gasteiger partial charge in [-0.25, -0.2) is 0 Å². The van der Waals surface area contributed by atoms with E-state index in [1.807, 2.05) is 6.92 Å². The number of hydrogen-bond acceptors (Lipinski definition) is 3. The summed E-state index contributed by atoms with van der Waals surface area (Å²) in [6.45, 7) is 4.42. The van der Waals surface area contributed by atoms with Crippen LogP contribution < -0.4 is 11.1 Å². The lowest BCUT2D eigenvalue weighted by Crippen LogP contribution is -2.49. The molecule has 1 aliphatic carbocycles. The smallest absolute Gasteiger partial charge is 0.237 e. The van der Waals surface area contributed by atoms with Gasteiger partial charge in [0.1, 0.15) is 0 Å². The van der Waals surface area contributed by atoms with E-state index in [0.717, 1.165) is 31.6 Å². The van der Waals surface area contributed by atoms with E-state index < -0.39 is 11.6 Å². The molecule has 1 atom stereocenters. The first-order valence-corrected chi connectivity index (χ1v) is 6.76. The van der Waals surface area contributed by atoms with Gasteiger partial charge < -0.3 is 16.2 Å². The maximum Gasteiger partial charge on any atom is 0.237 e. The van der Waals surface area contributed by atoms with Crippen molar-refractivity contribution in [3.8, 4) is 0 Å². The molecule has 100 valence electrons. The zero-order chi connectivity index (χ0) is 12.9. The topological polar surface area (TPSA) is 75.3 Å². The largest absolute Gasteiger partial charge is 0.388 e. The van der Waals surface area contributed by atoms with Gasteiger partial charge in [-0.15, -0.1) is 0 Å². The van der Waals surface area contributed by atoms with Gasteiger partial charge in [-0.3, -0.25) is 4.79 Å². The van der Waals surface area contributed by atoms with Gasteiger partial charge in [-0.2, -0.15) is 0 Å². The summed E-state index contributed by atoms with van der Waals surface area (Å²) in [6, 6.07) is -0.453. The molecule has 0 spiro atoms. The van der Waals surface area contributed by atoms with E-state index in [9.17, 15) is 9.90 Å². The predicted molar refractivity (Wildman–Crippen MR) is 68.5 cm³/mol. The van der Waals surface area contributed by atoms with Crippen molar-refractivity contribution in [1.82, 2.24) is 5.32 Å². The van der Waals surface area contributed by atoms with Gasteiger partial charge >= 0.3 is 0 Å². The second kappa shape index (κ2) is 6.36. The SMILES string of the molecule is CCC1CCC(O)(CNC(=O)[C@H](N)CC)CC1. The first-order chi connectivity index (χ1) is 8.00. The number of rotatable bonds is 5. The summed E-state index contributed by atoms with van der Waals surface area (Å²) in [4.78, 5) is 11.5. The zero-order valence-corrected chi connectivity index (χ0v) is 11.0. The number of carbonyl (C=O) groups is 1. The minimum absolute atomic E-state index is 0.154. The third kappa shape index (κ3) is 4.28. The van der Waals surface area contributed by atoms with Crippen molar-refractivity contribution in [2.45, 2.75) is 64.0 Å². The molecule has 0 unspecified atom stereocenters. The molecule has 1 saturated carbocycles. The summed E-state index contributed by atoms with van der Waals surface area (Å²) in [5.74, 6) is 0.586. The number of hydrogen-bond donors (Lipinski definition) is 3. The molecule has 0 aromatic carbocycles. The van der Waals surface area contributed by atoms with Gasteiger partial charge in [0.25, 0.3) is 0 Å². The van der Waals surface area contributed by atoms with Gasteiger partial charge in [-0.1, -0.05) is 20.3 Å². The highest BCUT2D eigenvalue weighted by Gasteiger charge is 2.33. The Morgan fingerprint density at radius 3 is 2.53 bits per heavy atom. The van der Waals surface area contributed by atoms with E-state index in [-0.39, 0.29) is 5.91 Å². The van der Waals surface area contributed by atoms with Crippen molar-refractivity contribution < 1.29 is 9.90 Å². The van der Waals surface area contributed by atoms with Crippen LogP contribution in [-0.2, 0) is 4.79 Å². The normalized spacial score (nSPS) is 30.9. The molecule has 0 aromatic rings. The van der Waals surface area contributed by atoms with Gasteiger partial charge in [0.05, 0.1) is 11.6 Å². The highest BCUT2D eigenvalue weighted by Crippen LogP contribution is 2.33. The van der Waals surface area contributed by atoms with Crippen molar-refractivity contribution >= 4 is 5.91 Å². The van der Waals surface area contributed by atoms with Crippen molar-refractivity contribution in [2.75, 3.05) is 6.54 Å². The number of amides is 1.